The van der Waals surface area contributed by atoms with Crippen LogP contribution in [0.25, 0.3) is 0 Å². The SMILES string of the molecule is COc1ccc(/C=N/NS(=O)(=O)c2cccs2)cc1O. The maximum Gasteiger partial charge on any atom is 0.286 e. The van der Waals surface area contributed by atoms with Crippen molar-refractivity contribution in [3.8, 4) is 11.5 Å². The van der Waals surface area contributed by atoms with E-state index in [1.54, 1.807) is 23.6 Å². The van der Waals surface area contributed by atoms with Gasteiger partial charge in [0.2, 0.25) is 0 Å². The third-order valence-electron chi connectivity index (χ3n) is 2.35. The summed E-state index contributed by atoms with van der Waals surface area (Å²) in [6.07, 6.45) is 1.30. The first-order valence-electron chi connectivity index (χ1n) is 5.48. The Balaban J connectivity index is 2.09. The Morgan fingerprint density at radius 1 is 1.40 bits per heavy atom. The zero-order valence-corrected chi connectivity index (χ0v) is 12.1. The molecule has 0 atom stereocenters. The summed E-state index contributed by atoms with van der Waals surface area (Å²) in [7, 11) is -2.18. The van der Waals surface area contributed by atoms with Crippen LogP contribution in [-0.4, -0.2) is 26.8 Å². The summed E-state index contributed by atoms with van der Waals surface area (Å²) in [5.41, 5.74) is 0.539. The first-order valence-corrected chi connectivity index (χ1v) is 7.84. The summed E-state index contributed by atoms with van der Waals surface area (Å²) < 4.78 is 28.6. The van der Waals surface area contributed by atoms with Crippen molar-refractivity contribution in [2.24, 2.45) is 5.10 Å². The van der Waals surface area contributed by atoms with E-state index in [2.05, 4.69) is 9.93 Å². The van der Waals surface area contributed by atoms with Gasteiger partial charge < -0.3 is 9.84 Å². The van der Waals surface area contributed by atoms with Crippen molar-refractivity contribution in [2.45, 2.75) is 4.21 Å². The monoisotopic (exact) mass is 312 g/mol. The number of rotatable bonds is 5. The van der Waals surface area contributed by atoms with E-state index in [1.807, 2.05) is 0 Å². The molecule has 1 heterocycles. The van der Waals surface area contributed by atoms with Crippen LogP contribution >= 0.6 is 11.3 Å². The molecule has 8 heteroatoms. The number of aromatic hydroxyl groups is 1. The molecule has 0 fully saturated rings. The topological polar surface area (TPSA) is 88.0 Å². The molecule has 0 bridgehead atoms. The van der Waals surface area contributed by atoms with Gasteiger partial charge in [0.15, 0.2) is 11.5 Å². The Bertz CT molecular complexity index is 709. The lowest BCUT2D eigenvalue weighted by molar-refractivity contribution is 0.373. The smallest absolute Gasteiger partial charge is 0.286 e. The third-order valence-corrected chi connectivity index (χ3v) is 4.97. The summed E-state index contributed by atoms with van der Waals surface area (Å²) in [6.45, 7) is 0. The van der Waals surface area contributed by atoms with Gasteiger partial charge in [-0.1, -0.05) is 6.07 Å². The molecule has 0 aliphatic rings. The van der Waals surface area contributed by atoms with Crippen molar-refractivity contribution in [2.75, 3.05) is 7.11 Å². The highest BCUT2D eigenvalue weighted by Crippen LogP contribution is 2.25. The summed E-state index contributed by atoms with van der Waals surface area (Å²) in [5.74, 6) is 0.291. The van der Waals surface area contributed by atoms with Crippen molar-refractivity contribution in [3.05, 3.63) is 41.3 Å². The maximum absolute atomic E-state index is 11.8. The molecule has 20 heavy (non-hydrogen) atoms. The zero-order valence-electron chi connectivity index (χ0n) is 10.5. The highest BCUT2D eigenvalue weighted by Gasteiger charge is 2.13. The molecule has 2 N–H and O–H groups in total. The highest BCUT2D eigenvalue weighted by atomic mass is 32.2. The van der Waals surface area contributed by atoms with Crippen LogP contribution in [0.15, 0.2) is 45.0 Å². The van der Waals surface area contributed by atoms with Crippen LogP contribution in [0.5, 0.6) is 11.5 Å². The average molecular weight is 312 g/mol. The van der Waals surface area contributed by atoms with Gasteiger partial charge in [0.05, 0.1) is 13.3 Å². The van der Waals surface area contributed by atoms with Crippen molar-refractivity contribution in [1.82, 2.24) is 4.83 Å². The molecule has 0 spiro atoms. The van der Waals surface area contributed by atoms with Crippen LogP contribution in [0.3, 0.4) is 0 Å². The van der Waals surface area contributed by atoms with Gasteiger partial charge >= 0.3 is 0 Å². The van der Waals surface area contributed by atoms with E-state index in [9.17, 15) is 13.5 Å². The fraction of sp³-hybridized carbons (Fsp3) is 0.0833. The minimum Gasteiger partial charge on any atom is -0.504 e. The van der Waals surface area contributed by atoms with Gasteiger partial charge in [-0.3, -0.25) is 0 Å². The highest BCUT2D eigenvalue weighted by molar-refractivity contribution is 7.91. The number of sulfonamides is 1. The molecule has 0 radical (unpaired) electrons. The Kier molecular flexibility index (Phi) is 4.26. The molecule has 1 aromatic carbocycles. The molecule has 2 rings (SSSR count). The van der Waals surface area contributed by atoms with E-state index in [-0.39, 0.29) is 9.96 Å². The molecule has 0 saturated heterocycles. The number of benzene rings is 1. The second-order valence-electron chi connectivity index (χ2n) is 3.72. The average Bonchev–Trinajstić information content (AvgIpc) is 2.93. The minimum atomic E-state index is -3.63. The molecule has 0 aliphatic carbocycles. The molecule has 0 saturated carbocycles. The Hall–Kier alpha value is -2.06. The van der Waals surface area contributed by atoms with Gasteiger partial charge in [0, 0.05) is 0 Å². The van der Waals surface area contributed by atoms with Crippen LogP contribution in [0.4, 0.5) is 0 Å². The molecule has 0 aliphatic heterocycles. The van der Waals surface area contributed by atoms with Crippen molar-refractivity contribution < 1.29 is 18.3 Å². The predicted octanol–water partition coefficient (Wildman–Crippen LogP) is 1.77. The molecular weight excluding hydrogens is 300 g/mol. The maximum atomic E-state index is 11.8. The number of ether oxygens (including phenoxy) is 1. The second-order valence-corrected chi connectivity index (χ2v) is 6.55. The Morgan fingerprint density at radius 3 is 2.80 bits per heavy atom. The van der Waals surface area contributed by atoms with E-state index in [0.717, 1.165) is 11.3 Å². The molecule has 0 amide bonds. The number of methoxy groups -OCH3 is 1. The fourth-order valence-electron chi connectivity index (χ4n) is 1.42. The van der Waals surface area contributed by atoms with E-state index < -0.39 is 10.0 Å². The number of hydrogen-bond acceptors (Lipinski definition) is 6. The lowest BCUT2D eigenvalue weighted by Gasteiger charge is -2.03. The molecule has 2 aromatic rings. The van der Waals surface area contributed by atoms with E-state index in [1.165, 1.54) is 25.5 Å². The summed E-state index contributed by atoms with van der Waals surface area (Å²) in [5, 5.41) is 14.9. The predicted molar refractivity (Wildman–Crippen MR) is 76.9 cm³/mol. The zero-order chi connectivity index (χ0) is 14.6. The minimum absolute atomic E-state index is 0.0439. The summed E-state index contributed by atoms with van der Waals surface area (Å²) >= 11 is 1.10. The fourth-order valence-corrected chi connectivity index (χ4v) is 3.19. The van der Waals surface area contributed by atoms with Crippen LogP contribution in [-0.2, 0) is 10.0 Å². The standard InChI is InChI=1S/C12H12N2O4S2/c1-18-11-5-4-9(7-10(11)15)8-13-14-20(16,17)12-3-2-6-19-12/h2-8,14-15H,1H3/b13-8+. The van der Waals surface area contributed by atoms with Crippen LogP contribution in [0, 0.1) is 0 Å². The van der Waals surface area contributed by atoms with Crippen LogP contribution in [0.1, 0.15) is 5.56 Å². The first-order chi connectivity index (χ1) is 9.53. The summed E-state index contributed by atoms with van der Waals surface area (Å²) in [6, 6.07) is 7.75. The van der Waals surface area contributed by atoms with E-state index >= 15 is 0 Å². The number of nitrogens with one attached hydrogen (secondary N) is 1. The van der Waals surface area contributed by atoms with Gasteiger partial charge in [-0.25, -0.2) is 0 Å². The third kappa shape index (κ3) is 3.28. The molecular formula is C12H12N2O4S2. The van der Waals surface area contributed by atoms with Crippen LogP contribution < -0.4 is 9.57 Å². The lowest BCUT2D eigenvalue weighted by Crippen LogP contribution is -2.17. The van der Waals surface area contributed by atoms with Gasteiger partial charge in [0.25, 0.3) is 10.0 Å². The van der Waals surface area contributed by atoms with E-state index in [0.29, 0.717) is 11.3 Å². The number of hydrazone groups is 1. The molecule has 6 nitrogen and oxygen atoms in total. The number of phenols is 1. The number of thiophene rings is 1. The second kappa shape index (κ2) is 5.93. The van der Waals surface area contributed by atoms with Crippen molar-refractivity contribution in [1.29, 1.82) is 0 Å². The van der Waals surface area contributed by atoms with Gasteiger partial charge in [0.1, 0.15) is 4.21 Å². The number of nitrogens with zero attached hydrogens (tertiary/aromatic N) is 1. The molecule has 106 valence electrons. The van der Waals surface area contributed by atoms with Gasteiger partial charge in [-0.2, -0.15) is 18.4 Å². The van der Waals surface area contributed by atoms with E-state index in [4.69, 9.17) is 4.74 Å². The number of phenolic OH excluding ortho intramolecular Hbond substituents is 1. The normalized spacial score (nSPS) is 11.7. The Labute approximate surface area is 120 Å². The lowest BCUT2D eigenvalue weighted by atomic mass is 10.2. The molecule has 1 aromatic heterocycles. The first kappa shape index (κ1) is 14.4. The number of hydrogen-bond donors (Lipinski definition) is 2. The summed E-state index contributed by atoms with van der Waals surface area (Å²) in [4.78, 5) is 2.10. The largest absolute Gasteiger partial charge is 0.504 e. The van der Waals surface area contributed by atoms with Crippen molar-refractivity contribution in [3.63, 3.8) is 0 Å². The van der Waals surface area contributed by atoms with Gasteiger partial charge in [-0.15, -0.1) is 11.3 Å². The van der Waals surface area contributed by atoms with Crippen molar-refractivity contribution >= 4 is 27.6 Å². The van der Waals surface area contributed by atoms with Crippen LogP contribution in [0.2, 0.25) is 0 Å². The van der Waals surface area contributed by atoms with Gasteiger partial charge in [-0.05, 0) is 35.2 Å². The Morgan fingerprint density at radius 2 is 2.20 bits per heavy atom. The molecule has 0 unspecified atom stereocenters. The quantitative estimate of drug-likeness (QED) is 0.650.